The van der Waals surface area contributed by atoms with E-state index in [1.165, 1.54) is 0 Å². The molecule has 1 aliphatic carbocycles. The van der Waals surface area contributed by atoms with Crippen molar-refractivity contribution in [2.24, 2.45) is 5.73 Å². The summed E-state index contributed by atoms with van der Waals surface area (Å²) in [6.07, 6.45) is 3.14. The monoisotopic (exact) mass is 195 g/mol. The highest BCUT2D eigenvalue weighted by molar-refractivity contribution is 5.31. The summed E-state index contributed by atoms with van der Waals surface area (Å²) in [6.45, 7) is 2.55. The van der Waals surface area contributed by atoms with Gasteiger partial charge in [-0.2, -0.15) is 0 Å². The van der Waals surface area contributed by atoms with Crippen LogP contribution in [0.15, 0.2) is 10.5 Å². The Balaban J connectivity index is 2.32. The zero-order valence-corrected chi connectivity index (χ0v) is 8.55. The van der Waals surface area contributed by atoms with Gasteiger partial charge in [-0.25, -0.2) is 0 Å². The highest BCUT2D eigenvalue weighted by Crippen LogP contribution is 2.40. The second kappa shape index (κ2) is 3.41. The Morgan fingerprint density at radius 3 is 3.07 bits per heavy atom. The predicted octanol–water partition coefficient (Wildman–Crippen LogP) is 1.32. The van der Waals surface area contributed by atoms with E-state index in [4.69, 9.17) is 10.2 Å². The standard InChI is InChI=1S/C11H17NO2/c1-2-9-7-8-3-4-11(13,5-6-12)10(8)14-9/h7,13H,2-6,12H2,1H3. The lowest BCUT2D eigenvalue weighted by Gasteiger charge is -2.20. The van der Waals surface area contributed by atoms with Crippen molar-refractivity contribution < 1.29 is 9.52 Å². The van der Waals surface area contributed by atoms with E-state index in [9.17, 15) is 5.11 Å². The molecule has 0 saturated carbocycles. The minimum atomic E-state index is -0.794. The van der Waals surface area contributed by atoms with Gasteiger partial charge in [0, 0.05) is 6.42 Å². The van der Waals surface area contributed by atoms with Crippen molar-refractivity contribution >= 4 is 0 Å². The first-order valence-corrected chi connectivity index (χ1v) is 5.24. The maximum Gasteiger partial charge on any atom is 0.138 e. The molecular weight excluding hydrogens is 178 g/mol. The Morgan fingerprint density at radius 1 is 1.64 bits per heavy atom. The van der Waals surface area contributed by atoms with Gasteiger partial charge in [-0.3, -0.25) is 0 Å². The zero-order chi connectivity index (χ0) is 10.2. The zero-order valence-electron chi connectivity index (χ0n) is 8.55. The van der Waals surface area contributed by atoms with Gasteiger partial charge in [0.15, 0.2) is 0 Å². The molecule has 0 saturated heterocycles. The summed E-state index contributed by atoms with van der Waals surface area (Å²) < 4.78 is 5.64. The molecule has 1 heterocycles. The third-order valence-corrected chi connectivity index (χ3v) is 3.00. The summed E-state index contributed by atoms with van der Waals surface area (Å²) in [5.74, 6) is 1.73. The maximum atomic E-state index is 10.3. The highest BCUT2D eigenvalue weighted by Gasteiger charge is 2.39. The fourth-order valence-electron chi connectivity index (χ4n) is 2.17. The van der Waals surface area contributed by atoms with Gasteiger partial charge >= 0.3 is 0 Å². The summed E-state index contributed by atoms with van der Waals surface area (Å²) >= 11 is 0. The van der Waals surface area contributed by atoms with Crippen LogP contribution in [0, 0.1) is 0 Å². The van der Waals surface area contributed by atoms with Crippen molar-refractivity contribution in [3.05, 3.63) is 23.2 Å². The van der Waals surface area contributed by atoms with E-state index >= 15 is 0 Å². The van der Waals surface area contributed by atoms with E-state index in [0.717, 1.165) is 36.3 Å². The molecule has 14 heavy (non-hydrogen) atoms. The molecule has 1 unspecified atom stereocenters. The molecule has 1 aromatic heterocycles. The Hall–Kier alpha value is -0.800. The average molecular weight is 195 g/mol. The summed E-state index contributed by atoms with van der Waals surface area (Å²) in [5.41, 5.74) is 5.86. The number of hydrogen-bond donors (Lipinski definition) is 2. The first-order valence-electron chi connectivity index (χ1n) is 5.24. The van der Waals surface area contributed by atoms with Crippen molar-refractivity contribution in [2.75, 3.05) is 6.54 Å². The average Bonchev–Trinajstić information content (AvgIpc) is 2.68. The van der Waals surface area contributed by atoms with Crippen LogP contribution in [0.5, 0.6) is 0 Å². The molecule has 0 amide bonds. The Labute approximate surface area is 83.9 Å². The molecular formula is C11H17NO2. The summed E-state index contributed by atoms with van der Waals surface area (Å²) in [6, 6.07) is 2.06. The molecule has 0 fully saturated rings. The van der Waals surface area contributed by atoms with Crippen LogP contribution >= 0.6 is 0 Å². The molecule has 0 spiro atoms. The number of fused-ring (bicyclic) bond motifs is 1. The van der Waals surface area contributed by atoms with Crippen LogP contribution in [0.3, 0.4) is 0 Å². The van der Waals surface area contributed by atoms with Crippen molar-refractivity contribution in [1.82, 2.24) is 0 Å². The van der Waals surface area contributed by atoms with Crippen LogP contribution in [-0.2, 0) is 18.4 Å². The van der Waals surface area contributed by atoms with Gasteiger partial charge in [-0.15, -0.1) is 0 Å². The summed E-state index contributed by atoms with van der Waals surface area (Å²) in [5, 5.41) is 10.3. The summed E-state index contributed by atoms with van der Waals surface area (Å²) in [4.78, 5) is 0. The van der Waals surface area contributed by atoms with Crippen molar-refractivity contribution in [3.63, 3.8) is 0 Å². The lowest BCUT2D eigenvalue weighted by Crippen LogP contribution is -2.25. The summed E-state index contributed by atoms with van der Waals surface area (Å²) in [7, 11) is 0. The van der Waals surface area contributed by atoms with Gasteiger partial charge in [0.2, 0.25) is 0 Å². The van der Waals surface area contributed by atoms with E-state index in [0.29, 0.717) is 13.0 Å². The number of rotatable bonds is 3. The maximum absolute atomic E-state index is 10.3. The third kappa shape index (κ3) is 1.37. The molecule has 1 atom stereocenters. The highest BCUT2D eigenvalue weighted by atomic mass is 16.4. The van der Waals surface area contributed by atoms with Gasteiger partial charge in [0.25, 0.3) is 0 Å². The topological polar surface area (TPSA) is 59.4 Å². The number of aliphatic hydroxyl groups is 1. The molecule has 0 radical (unpaired) electrons. The lowest BCUT2D eigenvalue weighted by atomic mass is 9.98. The Morgan fingerprint density at radius 2 is 2.43 bits per heavy atom. The fourth-order valence-corrected chi connectivity index (χ4v) is 2.17. The van der Waals surface area contributed by atoms with Gasteiger partial charge in [0.1, 0.15) is 17.1 Å². The number of furan rings is 1. The first-order chi connectivity index (χ1) is 6.69. The van der Waals surface area contributed by atoms with Gasteiger partial charge < -0.3 is 15.3 Å². The van der Waals surface area contributed by atoms with Crippen molar-refractivity contribution in [3.8, 4) is 0 Å². The van der Waals surface area contributed by atoms with Crippen LogP contribution < -0.4 is 5.73 Å². The van der Waals surface area contributed by atoms with Crippen LogP contribution in [-0.4, -0.2) is 11.7 Å². The Kier molecular flexibility index (Phi) is 2.37. The molecule has 1 aromatic rings. The minimum Gasteiger partial charge on any atom is -0.463 e. The van der Waals surface area contributed by atoms with Crippen molar-refractivity contribution in [2.45, 2.75) is 38.2 Å². The van der Waals surface area contributed by atoms with Crippen molar-refractivity contribution in [1.29, 1.82) is 0 Å². The first kappa shape index (κ1) is 9.74. The number of nitrogens with two attached hydrogens (primary N) is 1. The molecule has 0 bridgehead atoms. The van der Waals surface area contributed by atoms with Gasteiger partial charge in [-0.05, 0) is 37.4 Å². The second-order valence-corrected chi connectivity index (χ2v) is 3.99. The number of aryl methyl sites for hydroxylation is 2. The lowest BCUT2D eigenvalue weighted by molar-refractivity contribution is 0.0108. The van der Waals surface area contributed by atoms with E-state index in [-0.39, 0.29) is 0 Å². The molecule has 78 valence electrons. The van der Waals surface area contributed by atoms with Crippen LogP contribution in [0.1, 0.15) is 36.8 Å². The Bertz CT molecular complexity index is 332. The van der Waals surface area contributed by atoms with E-state index in [1.807, 2.05) is 0 Å². The number of hydrogen-bond acceptors (Lipinski definition) is 3. The van der Waals surface area contributed by atoms with E-state index < -0.39 is 5.60 Å². The smallest absolute Gasteiger partial charge is 0.138 e. The second-order valence-electron chi connectivity index (χ2n) is 3.99. The van der Waals surface area contributed by atoms with Gasteiger partial charge in [-0.1, -0.05) is 6.92 Å². The van der Waals surface area contributed by atoms with Gasteiger partial charge in [0.05, 0.1) is 0 Å². The van der Waals surface area contributed by atoms with Crippen LogP contribution in [0.4, 0.5) is 0 Å². The largest absolute Gasteiger partial charge is 0.463 e. The molecule has 0 aromatic carbocycles. The molecule has 3 N–H and O–H groups in total. The molecule has 2 rings (SSSR count). The third-order valence-electron chi connectivity index (χ3n) is 3.00. The molecule has 3 heteroatoms. The normalized spacial score (nSPS) is 25.4. The van der Waals surface area contributed by atoms with Crippen LogP contribution in [0.2, 0.25) is 0 Å². The molecule has 3 nitrogen and oxygen atoms in total. The minimum absolute atomic E-state index is 0.498. The van der Waals surface area contributed by atoms with E-state index in [1.54, 1.807) is 0 Å². The SMILES string of the molecule is CCc1cc2c(o1)C(O)(CCN)CC2. The molecule has 0 aliphatic heterocycles. The molecule has 1 aliphatic rings. The van der Waals surface area contributed by atoms with E-state index in [2.05, 4.69) is 13.0 Å². The quantitative estimate of drug-likeness (QED) is 0.764. The fraction of sp³-hybridized carbons (Fsp3) is 0.636. The van der Waals surface area contributed by atoms with Crippen LogP contribution in [0.25, 0.3) is 0 Å². The predicted molar refractivity (Wildman–Crippen MR) is 54.0 cm³/mol.